The molecule has 0 bridgehead atoms. The minimum atomic E-state index is -0.498. The zero-order valence-corrected chi connectivity index (χ0v) is 20.5. The van der Waals surface area contributed by atoms with Gasteiger partial charge in [0.15, 0.2) is 5.78 Å². The highest BCUT2D eigenvalue weighted by molar-refractivity contribution is 6.31. The van der Waals surface area contributed by atoms with E-state index in [1.807, 2.05) is 18.2 Å². The number of ether oxygens (including phenoxy) is 1. The van der Waals surface area contributed by atoms with Crippen LogP contribution in [0.2, 0.25) is 5.02 Å². The fraction of sp³-hybridized carbons (Fsp3) is 0.370. The molecule has 1 saturated heterocycles. The molecule has 188 valence electrons. The Bertz CT molecular complexity index is 1300. The number of allylic oxidation sites excluding steroid dienone is 1. The van der Waals surface area contributed by atoms with Gasteiger partial charge in [-0.25, -0.2) is 14.4 Å². The Kier molecular flexibility index (Phi) is 7.46. The number of aliphatic hydroxyl groups is 1. The minimum absolute atomic E-state index is 0.00994. The van der Waals surface area contributed by atoms with Crippen molar-refractivity contribution in [3.05, 3.63) is 65.2 Å². The van der Waals surface area contributed by atoms with Gasteiger partial charge < -0.3 is 15.2 Å². The summed E-state index contributed by atoms with van der Waals surface area (Å²) in [6.07, 6.45) is 8.38. The number of anilines is 2. The van der Waals surface area contributed by atoms with Crippen LogP contribution >= 0.6 is 11.6 Å². The van der Waals surface area contributed by atoms with Gasteiger partial charge in [0.05, 0.1) is 23.8 Å². The van der Waals surface area contributed by atoms with Gasteiger partial charge in [-0.3, -0.25) is 9.69 Å². The van der Waals surface area contributed by atoms with E-state index in [1.54, 1.807) is 12.1 Å². The monoisotopic (exact) mass is 510 g/mol. The summed E-state index contributed by atoms with van der Waals surface area (Å²) in [5, 5.41) is 13.2. The summed E-state index contributed by atoms with van der Waals surface area (Å²) >= 11 is 5.93. The topological polar surface area (TPSA) is 87.6 Å². The summed E-state index contributed by atoms with van der Waals surface area (Å²) in [7, 11) is 0. The van der Waals surface area contributed by atoms with Crippen molar-refractivity contribution in [1.82, 2.24) is 14.9 Å². The molecule has 0 spiro atoms. The molecule has 36 heavy (non-hydrogen) atoms. The SMILES string of the molecule is O=C(/C=C/CN1CCC1CO)Cc1cc2c(Nc3ccc(F)c(Cl)c3)ncnc2cc1OCC1CC1. The largest absolute Gasteiger partial charge is 0.493 e. The standard InChI is InChI=1S/C27H28ClFN4O3/c28-23-12-19(5-6-24(23)29)32-27-22-11-18(10-21(35)2-1-8-33-9-7-20(33)14-34)26(36-15-17-3-4-17)13-25(22)30-16-31-27/h1-2,5-6,11-13,16-17,20,34H,3-4,7-10,14-15H2,(H,30,31,32)/b2-1+. The Morgan fingerprint density at radius 2 is 2.11 bits per heavy atom. The molecule has 1 aromatic heterocycles. The molecule has 2 fully saturated rings. The van der Waals surface area contributed by atoms with Crippen LogP contribution < -0.4 is 10.1 Å². The molecule has 2 aliphatic rings. The predicted octanol–water partition coefficient (Wildman–Crippen LogP) is 4.69. The second kappa shape index (κ2) is 10.9. The summed E-state index contributed by atoms with van der Waals surface area (Å²) in [5.74, 6) is 1.19. The zero-order chi connectivity index (χ0) is 25.1. The highest BCUT2D eigenvalue weighted by Crippen LogP contribution is 2.34. The number of hydrogen-bond donors (Lipinski definition) is 2. The van der Waals surface area contributed by atoms with E-state index in [9.17, 15) is 14.3 Å². The lowest BCUT2D eigenvalue weighted by atomic mass is 10.0. The van der Waals surface area contributed by atoms with Crippen molar-refractivity contribution < 1.29 is 19.0 Å². The van der Waals surface area contributed by atoms with Crippen LogP contribution in [0.3, 0.4) is 0 Å². The van der Waals surface area contributed by atoms with Crippen molar-refractivity contribution >= 4 is 39.8 Å². The second-order valence-corrected chi connectivity index (χ2v) is 9.78. The number of nitrogens with one attached hydrogen (secondary N) is 1. The average Bonchev–Trinajstić information content (AvgIpc) is 3.67. The van der Waals surface area contributed by atoms with E-state index >= 15 is 0 Å². The highest BCUT2D eigenvalue weighted by atomic mass is 35.5. The van der Waals surface area contributed by atoms with E-state index in [4.69, 9.17) is 16.3 Å². The summed E-state index contributed by atoms with van der Waals surface area (Å²) in [6, 6.07) is 8.28. The van der Waals surface area contributed by atoms with Crippen LogP contribution in [0.25, 0.3) is 10.9 Å². The number of carbonyl (C=O) groups is 1. The van der Waals surface area contributed by atoms with Crippen LogP contribution in [0.15, 0.2) is 48.8 Å². The lowest BCUT2D eigenvalue weighted by molar-refractivity contribution is -0.114. The summed E-state index contributed by atoms with van der Waals surface area (Å²) in [6.45, 7) is 2.33. The van der Waals surface area contributed by atoms with Gasteiger partial charge in [0.2, 0.25) is 0 Å². The van der Waals surface area contributed by atoms with E-state index in [2.05, 4.69) is 20.2 Å². The Labute approximate surface area is 214 Å². The molecule has 5 rings (SSSR count). The van der Waals surface area contributed by atoms with E-state index in [1.165, 1.54) is 18.5 Å². The molecule has 1 aliphatic heterocycles. The van der Waals surface area contributed by atoms with Crippen LogP contribution in [0, 0.1) is 11.7 Å². The number of fused-ring (bicyclic) bond motifs is 1. The molecule has 2 heterocycles. The Hall–Kier alpha value is -3.07. The summed E-state index contributed by atoms with van der Waals surface area (Å²) in [5.41, 5.74) is 2.01. The van der Waals surface area contributed by atoms with E-state index in [0.29, 0.717) is 41.8 Å². The first-order valence-electron chi connectivity index (χ1n) is 12.2. The molecule has 0 amide bonds. The van der Waals surface area contributed by atoms with Crippen molar-refractivity contribution in [3.8, 4) is 5.75 Å². The number of benzene rings is 2. The molecule has 1 atom stereocenters. The smallest absolute Gasteiger partial charge is 0.159 e. The molecular weight excluding hydrogens is 483 g/mol. The maximum atomic E-state index is 13.6. The van der Waals surface area contributed by atoms with Crippen LogP contribution in [0.1, 0.15) is 24.8 Å². The number of aliphatic hydroxyl groups excluding tert-OH is 1. The molecule has 7 nitrogen and oxygen atoms in total. The maximum Gasteiger partial charge on any atom is 0.159 e. The number of ketones is 1. The predicted molar refractivity (Wildman–Crippen MR) is 137 cm³/mol. The van der Waals surface area contributed by atoms with E-state index < -0.39 is 5.82 Å². The molecule has 0 radical (unpaired) electrons. The van der Waals surface area contributed by atoms with Gasteiger partial charge >= 0.3 is 0 Å². The number of rotatable bonds is 11. The minimum Gasteiger partial charge on any atom is -0.493 e. The first kappa shape index (κ1) is 24.6. The number of nitrogens with zero attached hydrogens (tertiary/aromatic N) is 3. The van der Waals surface area contributed by atoms with Gasteiger partial charge in [-0.1, -0.05) is 17.7 Å². The normalized spacial score (nSPS) is 17.9. The fourth-order valence-electron chi connectivity index (χ4n) is 4.21. The first-order valence-corrected chi connectivity index (χ1v) is 12.5. The van der Waals surface area contributed by atoms with Crippen LogP contribution in [-0.4, -0.2) is 58.1 Å². The lowest BCUT2D eigenvalue weighted by Crippen LogP contribution is -2.49. The first-order chi connectivity index (χ1) is 17.5. The number of hydrogen-bond acceptors (Lipinski definition) is 7. The molecule has 2 N–H and O–H groups in total. The maximum absolute atomic E-state index is 13.6. The van der Waals surface area contributed by atoms with Crippen molar-refractivity contribution in [2.75, 3.05) is 31.6 Å². The van der Waals surface area contributed by atoms with Crippen molar-refractivity contribution in [1.29, 1.82) is 0 Å². The Morgan fingerprint density at radius 3 is 2.83 bits per heavy atom. The van der Waals surface area contributed by atoms with Gasteiger partial charge in [0.1, 0.15) is 23.7 Å². The molecule has 3 aromatic rings. The summed E-state index contributed by atoms with van der Waals surface area (Å²) < 4.78 is 19.7. The third-order valence-corrected chi connectivity index (χ3v) is 6.95. The van der Waals surface area contributed by atoms with Crippen LogP contribution in [0.4, 0.5) is 15.9 Å². The van der Waals surface area contributed by atoms with Crippen molar-refractivity contribution in [3.63, 3.8) is 0 Å². The van der Waals surface area contributed by atoms with Gasteiger partial charge in [-0.05, 0) is 55.5 Å². The van der Waals surface area contributed by atoms with E-state index in [0.717, 1.165) is 36.8 Å². The summed E-state index contributed by atoms with van der Waals surface area (Å²) in [4.78, 5) is 23.7. The number of aromatic nitrogens is 2. The Balaban J connectivity index is 1.38. The fourth-order valence-corrected chi connectivity index (χ4v) is 4.39. The second-order valence-electron chi connectivity index (χ2n) is 9.37. The van der Waals surface area contributed by atoms with E-state index in [-0.39, 0.29) is 29.9 Å². The Morgan fingerprint density at radius 1 is 1.25 bits per heavy atom. The van der Waals surface area contributed by atoms with Gasteiger partial charge in [0, 0.05) is 48.3 Å². The van der Waals surface area contributed by atoms with Gasteiger partial charge in [0.25, 0.3) is 0 Å². The van der Waals surface area contributed by atoms with Gasteiger partial charge in [-0.2, -0.15) is 0 Å². The number of carbonyl (C=O) groups excluding carboxylic acids is 1. The third-order valence-electron chi connectivity index (χ3n) is 6.66. The lowest BCUT2D eigenvalue weighted by Gasteiger charge is -2.39. The molecule has 1 saturated carbocycles. The number of halogens is 2. The van der Waals surface area contributed by atoms with Crippen LogP contribution in [0.5, 0.6) is 5.75 Å². The molecule has 9 heteroatoms. The van der Waals surface area contributed by atoms with Crippen LogP contribution in [-0.2, 0) is 11.2 Å². The van der Waals surface area contributed by atoms with Crippen molar-refractivity contribution in [2.45, 2.75) is 31.7 Å². The van der Waals surface area contributed by atoms with Gasteiger partial charge in [-0.15, -0.1) is 0 Å². The number of likely N-dealkylation sites (tertiary alicyclic amines) is 1. The molecule has 2 aromatic carbocycles. The highest BCUT2D eigenvalue weighted by Gasteiger charge is 2.26. The van der Waals surface area contributed by atoms with Crippen molar-refractivity contribution in [2.24, 2.45) is 5.92 Å². The average molecular weight is 511 g/mol. The zero-order valence-electron chi connectivity index (χ0n) is 19.8. The molecular formula is C27H28ClFN4O3. The quantitative estimate of drug-likeness (QED) is 0.362. The third kappa shape index (κ3) is 5.83. The molecule has 1 unspecified atom stereocenters. The molecule has 1 aliphatic carbocycles.